The summed E-state index contributed by atoms with van der Waals surface area (Å²) in [6.45, 7) is 6.15. The zero-order valence-electron chi connectivity index (χ0n) is 13.6. The third-order valence-electron chi connectivity index (χ3n) is 4.87. The van der Waals surface area contributed by atoms with Gasteiger partial charge in [-0.05, 0) is 13.3 Å². The standard InChI is InChI=1S/C15H28N4O2S/c1-3-4-5-6-7-15(2)14-19(13(21)11-22-14)9-8-18(15)10-12(20)17-16/h14H,3-11,16H2,1-2H3,(H,17,20)/t14-,15-/m0/s1. The maximum Gasteiger partial charge on any atom is 0.248 e. The van der Waals surface area contributed by atoms with Crippen LogP contribution in [0.15, 0.2) is 0 Å². The van der Waals surface area contributed by atoms with Crippen molar-refractivity contribution in [2.24, 2.45) is 5.84 Å². The fraction of sp³-hybridized carbons (Fsp3) is 0.867. The van der Waals surface area contributed by atoms with Crippen LogP contribution in [0.5, 0.6) is 0 Å². The van der Waals surface area contributed by atoms with Crippen LogP contribution >= 0.6 is 11.8 Å². The molecule has 0 spiro atoms. The molecule has 2 aliphatic rings. The molecule has 2 atom stereocenters. The Balaban J connectivity index is 2.10. The molecule has 2 amide bonds. The fourth-order valence-corrected chi connectivity index (χ4v) is 5.02. The molecular weight excluding hydrogens is 300 g/mol. The van der Waals surface area contributed by atoms with Gasteiger partial charge in [-0.3, -0.25) is 19.9 Å². The number of hydrogen-bond donors (Lipinski definition) is 2. The van der Waals surface area contributed by atoms with E-state index in [1.54, 1.807) is 11.8 Å². The molecule has 2 heterocycles. The minimum absolute atomic E-state index is 0.154. The fourth-order valence-electron chi connectivity index (χ4n) is 3.52. The molecule has 7 heteroatoms. The summed E-state index contributed by atoms with van der Waals surface area (Å²) in [6.07, 6.45) is 5.78. The first-order valence-corrected chi connectivity index (χ1v) is 9.23. The molecule has 2 saturated heterocycles. The average molecular weight is 328 g/mol. The van der Waals surface area contributed by atoms with Crippen LogP contribution in [-0.2, 0) is 9.59 Å². The number of nitrogens with zero attached hydrogens (tertiary/aromatic N) is 2. The Labute approximate surface area is 137 Å². The van der Waals surface area contributed by atoms with Gasteiger partial charge in [0.1, 0.15) is 0 Å². The van der Waals surface area contributed by atoms with E-state index in [0.29, 0.717) is 18.8 Å². The van der Waals surface area contributed by atoms with Crippen molar-refractivity contribution in [2.75, 3.05) is 25.4 Å². The number of fused-ring (bicyclic) bond motifs is 1. The van der Waals surface area contributed by atoms with Crippen LogP contribution in [0.25, 0.3) is 0 Å². The molecular formula is C15H28N4O2S. The van der Waals surface area contributed by atoms with Crippen LogP contribution in [0, 0.1) is 0 Å². The highest BCUT2D eigenvalue weighted by Gasteiger charge is 2.50. The lowest BCUT2D eigenvalue weighted by atomic mass is 9.88. The quantitative estimate of drug-likeness (QED) is 0.314. The number of rotatable bonds is 7. The molecule has 22 heavy (non-hydrogen) atoms. The first-order valence-electron chi connectivity index (χ1n) is 8.18. The van der Waals surface area contributed by atoms with Gasteiger partial charge in [-0.15, -0.1) is 11.8 Å². The van der Waals surface area contributed by atoms with E-state index in [4.69, 9.17) is 5.84 Å². The maximum atomic E-state index is 12.0. The molecule has 3 N–H and O–H groups in total. The van der Waals surface area contributed by atoms with E-state index in [2.05, 4.69) is 24.2 Å². The first-order chi connectivity index (χ1) is 10.5. The van der Waals surface area contributed by atoms with Crippen LogP contribution in [-0.4, -0.2) is 57.9 Å². The Morgan fingerprint density at radius 3 is 2.86 bits per heavy atom. The van der Waals surface area contributed by atoms with E-state index < -0.39 is 0 Å². The van der Waals surface area contributed by atoms with Gasteiger partial charge < -0.3 is 4.90 Å². The zero-order chi connectivity index (χ0) is 16.2. The van der Waals surface area contributed by atoms with Crippen molar-refractivity contribution in [1.29, 1.82) is 0 Å². The van der Waals surface area contributed by atoms with Crippen molar-refractivity contribution >= 4 is 23.6 Å². The summed E-state index contributed by atoms with van der Waals surface area (Å²) in [5, 5.41) is 0.154. The van der Waals surface area contributed by atoms with E-state index in [0.717, 1.165) is 19.4 Å². The third-order valence-corrected chi connectivity index (χ3v) is 6.36. The maximum absolute atomic E-state index is 12.0. The Morgan fingerprint density at radius 1 is 1.41 bits per heavy atom. The first kappa shape index (κ1) is 17.6. The molecule has 0 radical (unpaired) electrons. The number of hydrogen-bond acceptors (Lipinski definition) is 5. The minimum Gasteiger partial charge on any atom is -0.327 e. The molecule has 0 unspecified atom stereocenters. The number of carbonyl (C=O) groups excluding carboxylic acids is 2. The predicted octanol–water partition coefficient (Wildman–Crippen LogP) is 0.923. The van der Waals surface area contributed by atoms with Gasteiger partial charge >= 0.3 is 0 Å². The Hall–Kier alpha value is -0.790. The number of carbonyl (C=O) groups is 2. The van der Waals surface area contributed by atoms with E-state index in [9.17, 15) is 9.59 Å². The number of thioether (sulfide) groups is 1. The second kappa shape index (κ2) is 7.66. The lowest BCUT2D eigenvalue weighted by Crippen LogP contribution is -2.66. The predicted molar refractivity (Wildman–Crippen MR) is 89.0 cm³/mol. The summed E-state index contributed by atoms with van der Waals surface area (Å²) in [4.78, 5) is 28.0. The molecule has 126 valence electrons. The highest BCUT2D eigenvalue weighted by atomic mass is 32.2. The van der Waals surface area contributed by atoms with Crippen molar-refractivity contribution in [3.05, 3.63) is 0 Å². The van der Waals surface area contributed by atoms with Crippen LogP contribution < -0.4 is 11.3 Å². The molecule has 0 saturated carbocycles. The third kappa shape index (κ3) is 3.58. The monoisotopic (exact) mass is 328 g/mol. The van der Waals surface area contributed by atoms with Gasteiger partial charge in [-0.1, -0.05) is 32.6 Å². The van der Waals surface area contributed by atoms with Crippen molar-refractivity contribution < 1.29 is 9.59 Å². The van der Waals surface area contributed by atoms with E-state index in [1.165, 1.54) is 19.3 Å². The summed E-state index contributed by atoms with van der Waals surface area (Å²) in [6, 6.07) is 0. The molecule has 0 aliphatic carbocycles. The van der Waals surface area contributed by atoms with Gasteiger partial charge in [0.15, 0.2) is 0 Å². The second-order valence-corrected chi connectivity index (χ2v) is 7.48. The van der Waals surface area contributed by atoms with Gasteiger partial charge in [0.05, 0.1) is 17.7 Å². The van der Waals surface area contributed by atoms with Crippen LogP contribution in [0.1, 0.15) is 46.0 Å². The van der Waals surface area contributed by atoms with Crippen LogP contribution in [0.3, 0.4) is 0 Å². The molecule has 0 bridgehead atoms. The smallest absolute Gasteiger partial charge is 0.248 e. The van der Waals surface area contributed by atoms with E-state index in [1.807, 2.05) is 4.90 Å². The molecule has 0 aromatic carbocycles. The highest BCUT2D eigenvalue weighted by molar-refractivity contribution is 8.01. The topological polar surface area (TPSA) is 78.7 Å². The van der Waals surface area contributed by atoms with Crippen molar-refractivity contribution in [3.8, 4) is 0 Å². The van der Waals surface area contributed by atoms with Crippen molar-refractivity contribution in [1.82, 2.24) is 15.2 Å². The summed E-state index contributed by atoms with van der Waals surface area (Å²) in [5.74, 6) is 5.88. The van der Waals surface area contributed by atoms with Crippen molar-refractivity contribution in [2.45, 2.75) is 56.9 Å². The molecule has 2 aliphatic heterocycles. The van der Waals surface area contributed by atoms with Crippen LogP contribution in [0.2, 0.25) is 0 Å². The molecule has 0 aromatic heterocycles. The summed E-state index contributed by atoms with van der Waals surface area (Å²) in [5.41, 5.74) is 2.07. The van der Waals surface area contributed by atoms with E-state index >= 15 is 0 Å². The second-order valence-electron chi connectivity index (χ2n) is 6.41. The Kier molecular flexibility index (Phi) is 6.11. The molecule has 2 fully saturated rings. The summed E-state index contributed by atoms with van der Waals surface area (Å²) in [7, 11) is 0. The van der Waals surface area contributed by atoms with E-state index in [-0.39, 0.29) is 22.7 Å². The Bertz CT molecular complexity index is 420. The average Bonchev–Trinajstić information content (AvgIpc) is 2.89. The lowest BCUT2D eigenvalue weighted by Gasteiger charge is -2.52. The molecule has 2 rings (SSSR count). The van der Waals surface area contributed by atoms with Gasteiger partial charge in [0.25, 0.3) is 0 Å². The van der Waals surface area contributed by atoms with Gasteiger partial charge in [0, 0.05) is 18.6 Å². The molecule has 0 aromatic rings. The number of nitrogens with two attached hydrogens (primary N) is 1. The normalized spacial score (nSPS) is 28.8. The highest BCUT2D eigenvalue weighted by Crippen LogP contribution is 2.42. The van der Waals surface area contributed by atoms with Crippen molar-refractivity contribution in [3.63, 3.8) is 0 Å². The minimum atomic E-state index is -0.164. The number of nitrogens with one attached hydrogen (secondary N) is 1. The lowest BCUT2D eigenvalue weighted by molar-refractivity contribution is -0.136. The van der Waals surface area contributed by atoms with Gasteiger partial charge in [-0.2, -0.15) is 0 Å². The summed E-state index contributed by atoms with van der Waals surface area (Å²) < 4.78 is 0. The van der Waals surface area contributed by atoms with Crippen LogP contribution in [0.4, 0.5) is 0 Å². The Morgan fingerprint density at radius 2 is 2.18 bits per heavy atom. The zero-order valence-corrected chi connectivity index (χ0v) is 14.5. The number of unbranched alkanes of at least 4 members (excludes halogenated alkanes) is 3. The summed E-state index contributed by atoms with van der Waals surface area (Å²) >= 11 is 1.72. The molecule has 6 nitrogen and oxygen atoms in total. The SMILES string of the molecule is CCCCCC[C@@]1(C)[C@@H]2SCC(=O)N2CCN1CC(=O)NN. The largest absolute Gasteiger partial charge is 0.327 e. The number of hydrazine groups is 1. The van der Waals surface area contributed by atoms with Gasteiger partial charge in [0.2, 0.25) is 11.8 Å². The van der Waals surface area contributed by atoms with Gasteiger partial charge in [-0.25, -0.2) is 5.84 Å². The number of piperazine rings is 1. The number of amides is 2.